The Morgan fingerprint density at radius 3 is 2.07 bits per heavy atom. The molecule has 1 saturated heterocycles. The summed E-state index contributed by atoms with van der Waals surface area (Å²) in [6, 6.07) is 0. The molecule has 1 aliphatic heterocycles. The van der Waals surface area contributed by atoms with Gasteiger partial charge in [0.2, 0.25) is 5.95 Å². The number of halogens is 3. The molecule has 0 aromatic carbocycles. The van der Waals surface area contributed by atoms with Crippen LogP contribution < -0.4 is 4.90 Å². The van der Waals surface area contributed by atoms with E-state index in [0.29, 0.717) is 5.95 Å². The van der Waals surface area contributed by atoms with Gasteiger partial charge in [-0.25, -0.2) is 4.39 Å². The van der Waals surface area contributed by atoms with Gasteiger partial charge in [0.05, 0.1) is 0 Å². The normalized spacial score (nSPS) is 16.4. The second-order valence-corrected chi connectivity index (χ2v) is 3.83. The monoisotopic (exact) mass is 235 g/mol. The maximum atomic E-state index is 13.0. The predicted octanol–water partition coefficient (Wildman–Crippen LogP) is 2.52. The number of hydrogen-bond donors (Lipinski definition) is 0. The fourth-order valence-corrected chi connectivity index (χ4v) is 1.82. The molecule has 3 nitrogen and oxygen atoms in total. The van der Waals surface area contributed by atoms with Crippen LogP contribution in [0.3, 0.4) is 0 Å². The molecule has 1 fully saturated rings. The Bertz CT molecular complexity index is 329. The summed E-state index contributed by atoms with van der Waals surface area (Å²) in [5, 5.41) is -0.432. The highest BCUT2D eigenvalue weighted by atomic mass is 35.5. The van der Waals surface area contributed by atoms with Gasteiger partial charge in [-0.2, -0.15) is 9.97 Å². The van der Waals surface area contributed by atoms with Crippen LogP contribution in [0.25, 0.3) is 0 Å². The SMILES string of the molecule is Fc1c(Cl)nc(N2CCCC2)nc1Cl. The van der Waals surface area contributed by atoms with Crippen LogP contribution >= 0.6 is 23.2 Å². The molecule has 14 heavy (non-hydrogen) atoms. The predicted molar refractivity (Wildman–Crippen MR) is 53.5 cm³/mol. The summed E-state index contributed by atoms with van der Waals surface area (Å²) >= 11 is 11.1. The summed E-state index contributed by atoms with van der Waals surface area (Å²) in [4.78, 5) is 9.61. The Morgan fingerprint density at radius 2 is 1.57 bits per heavy atom. The highest BCUT2D eigenvalue weighted by molar-refractivity contribution is 6.33. The average molecular weight is 236 g/mol. The minimum absolute atomic E-state index is 0.216. The smallest absolute Gasteiger partial charge is 0.228 e. The van der Waals surface area contributed by atoms with Crippen molar-refractivity contribution in [3.63, 3.8) is 0 Å². The molecule has 0 spiro atoms. The van der Waals surface area contributed by atoms with Gasteiger partial charge in [-0.05, 0) is 12.8 Å². The summed E-state index contributed by atoms with van der Waals surface area (Å²) in [6.07, 6.45) is 2.19. The Labute approximate surface area is 90.9 Å². The summed E-state index contributed by atoms with van der Waals surface area (Å²) in [5.74, 6) is -0.338. The van der Waals surface area contributed by atoms with E-state index < -0.39 is 5.82 Å². The van der Waals surface area contributed by atoms with Crippen LogP contribution in [-0.2, 0) is 0 Å². The zero-order valence-electron chi connectivity index (χ0n) is 7.30. The molecule has 1 aromatic rings. The van der Waals surface area contributed by atoms with Crippen LogP contribution in [0.15, 0.2) is 0 Å². The van der Waals surface area contributed by atoms with Crippen molar-refractivity contribution in [1.82, 2.24) is 9.97 Å². The van der Waals surface area contributed by atoms with Crippen LogP contribution in [0.2, 0.25) is 10.3 Å². The van der Waals surface area contributed by atoms with E-state index in [2.05, 4.69) is 9.97 Å². The van der Waals surface area contributed by atoms with E-state index >= 15 is 0 Å². The molecule has 1 aliphatic rings. The van der Waals surface area contributed by atoms with Crippen LogP contribution in [0, 0.1) is 5.82 Å². The molecule has 0 aliphatic carbocycles. The zero-order chi connectivity index (χ0) is 10.1. The number of hydrogen-bond acceptors (Lipinski definition) is 3. The van der Waals surface area contributed by atoms with Crippen molar-refractivity contribution < 1.29 is 4.39 Å². The number of aromatic nitrogens is 2. The standard InChI is InChI=1S/C8H8Cl2FN3/c9-6-5(11)7(10)13-8(12-6)14-3-1-2-4-14/h1-4H2. The average Bonchev–Trinajstić information content (AvgIpc) is 2.66. The maximum Gasteiger partial charge on any atom is 0.228 e. The van der Waals surface area contributed by atoms with Crippen molar-refractivity contribution in [2.45, 2.75) is 12.8 Å². The molecule has 0 saturated carbocycles. The number of anilines is 1. The summed E-state index contributed by atoms with van der Waals surface area (Å²) < 4.78 is 13.0. The molecule has 0 N–H and O–H groups in total. The van der Waals surface area contributed by atoms with E-state index in [-0.39, 0.29) is 10.3 Å². The van der Waals surface area contributed by atoms with Gasteiger partial charge in [-0.1, -0.05) is 23.2 Å². The van der Waals surface area contributed by atoms with Crippen molar-refractivity contribution in [1.29, 1.82) is 0 Å². The van der Waals surface area contributed by atoms with E-state index in [1.165, 1.54) is 0 Å². The third-order valence-corrected chi connectivity index (χ3v) is 2.65. The lowest BCUT2D eigenvalue weighted by Crippen LogP contribution is -2.20. The van der Waals surface area contributed by atoms with Crippen molar-refractivity contribution in [3.8, 4) is 0 Å². The van der Waals surface area contributed by atoms with Gasteiger partial charge in [0.15, 0.2) is 16.1 Å². The van der Waals surface area contributed by atoms with Crippen molar-refractivity contribution in [3.05, 3.63) is 16.1 Å². The van der Waals surface area contributed by atoms with Crippen molar-refractivity contribution in [2.24, 2.45) is 0 Å². The Kier molecular flexibility index (Phi) is 2.74. The zero-order valence-corrected chi connectivity index (χ0v) is 8.82. The molecule has 2 rings (SSSR count). The minimum atomic E-state index is -0.753. The highest BCUT2D eigenvalue weighted by Crippen LogP contribution is 2.24. The van der Waals surface area contributed by atoms with Gasteiger partial charge in [0, 0.05) is 13.1 Å². The quantitative estimate of drug-likeness (QED) is 0.701. The first kappa shape index (κ1) is 9.93. The first-order chi connectivity index (χ1) is 6.68. The molecule has 0 unspecified atom stereocenters. The van der Waals surface area contributed by atoms with E-state index in [9.17, 15) is 4.39 Å². The lowest BCUT2D eigenvalue weighted by atomic mass is 10.4. The summed E-state index contributed by atoms with van der Waals surface area (Å²) in [6.45, 7) is 1.75. The molecule has 76 valence electrons. The second-order valence-electron chi connectivity index (χ2n) is 3.11. The van der Waals surface area contributed by atoms with Gasteiger partial charge in [0.1, 0.15) is 0 Å². The molecular weight excluding hydrogens is 228 g/mol. The first-order valence-electron chi connectivity index (χ1n) is 4.32. The lowest BCUT2D eigenvalue weighted by molar-refractivity contribution is 0.613. The van der Waals surface area contributed by atoms with E-state index in [1.54, 1.807) is 0 Å². The van der Waals surface area contributed by atoms with Gasteiger partial charge < -0.3 is 4.90 Å². The molecule has 0 radical (unpaired) electrons. The van der Waals surface area contributed by atoms with Crippen molar-refractivity contribution in [2.75, 3.05) is 18.0 Å². The molecular formula is C8H8Cl2FN3. The number of nitrogens with zero attached hydrogens (tertiary/aromatic N) is 3. The van der Waals surface area contributed by atoms with E-state index in [0.717, 1.165) is 25.9 Å². The van der Waals surface area contributed by atoms with Crippen LogP contribution in [-0.4, -0.2) is 23.1 Å². The van der Waals surface area contributed by atoms with Gasteiger partial charge in [-0.15, -0.1) is 0 Å². The van der Waals surface area contributed by atoms with Gasteiger partial charge >= 0.3 is 0 Å². The van der Waals surface area contributed by atoms with Crippen LogP contribution in [0.5, 0.6) is 0 Å². The molecule has 2 heterocycles. The Morgan fingerprint density at radius 1 is 1.07 bits per heavy atom. The highest BCUT2D eigenvalue weighted by Gasteiger charge is 2.18. The topological polar surface area (TPSA) is 29.0 Å². The van der Waals surface area contributed by atoms with E-state index in [1.807, 2.05) is 4.90 Å². The third-order valence-electron chi connectivity index (χ3n) is 2.15. The van der Waals surface area contributed by atoms with Crippen molar-refractivity contribution >= 4 is 29.2 Å². The minimum Gasteiger partial charge on any atom is -0.341 e. The fourth-order valence-electron chi connectivity index (χ4n) is 1.44. The van der Waals surface area contributed by atoms with E-state index in [4.69, 9.17) is 23.2 Å². The fraction of sp³-hybridized carbons (Fsp3) is 0.500. The lowest BCUT2D eigenvalue weighted by Gasteiger charge is -2.15. The second kappa shape index (κ2) is 3.87. The van der Waals surface area contributed by atoms with Gasteiger partial charge in [0.25, 0.3) is 0 Å². The Balaban J connectivity index is 2.34. The summed E-state index contributed by atoms with van der Waals surface area (Å²) in [7, 11) is 0. The van der Waals surface area contributed by atoms with Gasteiger partial charge in [-0.3, -0.25) is 0 Å². The first-order valence-corrected chi connectivity index (χ1v) is 5.07. The molecule has 1 aromatic heterocycles. The number of rotatable bonds is 1. The van der Waals surface area contributed by atoms with Crippen LogP contribution in [0.4, 0.5) is 10.3 Å². The largest absolute Gasteiger partial charge is 0.341 e. The molecule has 0 amide bonds. The van der Waals surface area contributed by atoms with Crippen LogP contribution in [0.1, 0.15) is 12.8 Å². The maximum absolute atomic E-state index is 13.0. The molecule has 0 bridgehead atoms. The Hall–Kier alpha value is -0.610. The molecule has 6 heteroatoms. The summed E-state index contributed by atoms with van der Waals surface area (Å²) in [5.41, 5.74) is 0. The molecule has 0 atom stereocenters. The third kappa shape index (κ3) is 1.77.